The number of halogens is 1. The molecule has 0 bridgehead atoms. The summed E-state index contributed by atoms with van der Waals surface area (Å²) < 4.78 is 0. The van der Waals surface area contributed by atoms with E-state index in [1.807, 2.05) is 19.1 Å². The molecule has 0 atom stereocenters. The van der Waals surface area contributed by atoms with Gasteiger partial charge in [0.15, 0.2) is 0 Å². The highest BCUT2D eigenvalue weighted by molar-refractivity contribution is 7.80. The first kappa shape index (κ1) is 11.9. The average molecular weight is 268 g/mol. The van der Waals surface area contributed by atoms with Gasteiger partial charge in [-0.05, 0) is 19.1 Å². The van der Waals surface area contributed by atoms with Crippen molar-refractivity contribution in [2.24, 2.45) is 0 Å². The summed E-state index contributed by atoms with van der Waals surface area (Å²) in [5.74, 6) is 1.19. The van der Waals surface area contributed by atoms with Crippen molar-refractivity contribution >= 4 is 41.8 Å². The van der Waals surface area contributed by atoms with E-state index >= 15 is 0 Å². The smallest absolute Gasteiger partial charge is 0.223 e. The third kappa shape index (κ3) is 2.98. The summed E-state index contributed by atoms with van der Waals surface area (Å²) >= 11 is 10.1. The average Bonchev–Trinajstić information content (AvgIpc) is 2.22. The minimum Gasteiger partial charge on any atom is -0.368 e. The molecule has 3 N–H and O–H groups in total. The molecule has 5 nitrogen and oxygen atoms in total. The summed E-state index contributed by atoms with van der Waals surface area (Å²) in [4.78, 5) is 12.8. The Morgan fingerprint density at radius 2 is 2.06 bits per heavy atom. The van der Waals surface area contributed by atoms with Crippen molar-refractivity contribution in [3.8, 4) is 0 Å². The minimum atomic E-state index is 0.105. The molecule has 2 aromatic heterocycles. The largest absolute Gasteiger partial charge is 0.368 e. The van der Waals surface area contributed by atoms with Gasteiger partial charge in [-0.3, -0.25) is 0 Å². The molecule has 2 heterocycles. The van der Waals surface area contributed by atoms with Crippen LogP contribution in [0.1, 0.15) is 5.69 Å². The van der Waals surface area contributed by atoms with Gasteiger partial charge < -0.3 is 11.1 Å². The maximum Gasteiger partial charge on any atom is 0.223 e. The molecule has 88 valence electrons. The molecule has 0 saturated carbocycles. The van der Waals surface area contributed by atoms with Crippen molar-refractivity contribution in [2.75, 3.05) is 11.1 Å². The Balaban J connectivity index is 2.34. The standard InChI is InChI=1S/C10H10ClN5S/c1-5-2-3-6(17)9(13-5)15-8-4-7(11)14-10(12)16-8/h2-4,17H,1H3,(H3,12,13,14,15,16). The van der Waals surface area contributed by atoms with Crippen LogP contribution in [0.3, 0.4) is 0 Å². The molecular formula is C10H10ClN5S. The summed E-state index contributed by atoms with van der Waals surface area (Å²) in [6, 6.07) is 5.28. The van der Waals surface area contributed by atoms with Crippen LogP contribution in [0.5, 0.6) is 0 Å². The fourth-order valence-corrected chi connectivity index (χ4v) is 1.63. The van der Waals surface area contributed by atoms with Crippen LogP contribution < -0.4 is 11.1 Å². The van der Waals surface area contributed by atoms with Crippen LogP contribution in [-0.4, -0.2) is 15.0 Å². The zero-order chi connectivity index (χ0) is 12.4. The number of nitrogen functional groups attached to an aromatic ring is 1. The molecule has 0 aromatic carbocycles. The van der Waals surface area contributed by atoms with Crippen LogP contribution in [0.2, 0.25) is 5.15 Å². The maximum atomic E-state index is 5.78. The summed E-state index contributed by atoms with van der Waals surface area (Å²) in [5.41, 5.74) is 6.37. The molecule has 0 saturated heterocycles. The molecule has 17 heavy (non-hydrogen) atoms. The summed E-state index contributed by atoms with van der Waals surface area (Å²) in [5, 5.41) is 3.26. The van der Waals surface area contributed by atoms with Crippen molar-refractivity contribution < 1.29 is 0 Å². The second-order valence-corrected chi connectivity index (χ2v) is 4.25. The first-order valence-electron chi connectivity index (χ1n) is 4.78. The Morgan fingerprint density at radius 3 is 2.76 bits per heavy atom. The van der Waals surface area contributed by atoms with Gasteiger partial charge in [0, 0.05) is 16.7 Å². The van der Waals surface area contributed by atoms with Crippen molar-refractivity contribution in [1.29, 1.82) is 0 Å². The number of thiol groups is 1. The zero-order valence-electron chi connectivity index (χ0n) is 8.98. The maximum absolute atomic E-state index is 5.78. The van der Waals surface area contributed by atoms with E-state index in [-0.39, 0.29) is 11.1 Å². The normalized spacial score (nSPS) is 10.3. The molecule has 0 unspecified atom stereocenters. The van der Waals surface area contributed by atoms with Crippen LogP contribution in [0.25, 0.3) is 0 Å². The summed E-state index contributed by atoms with van der Waals surface area (Å²) in [7, 11) is 0. The molecule has 0 amide bonds. The Morgan fingerprint density at radius 1 is 1.29 bits per heavy atom. The number of nitrogens with two attached hydrogens (primary N) is 1. The van der Waals surface area contributed by atoms with Crippen molar-refractivity contribution in [3.63, 3.8) is 0 Å². The van der Waals surface area contributed by atoms with Crippen molar-refractivity contribution in [2.45, 2.75) is 11.8 Å². The predicted octanol–water partition coefficient (Wildman–Crippen LogP) is 2.45. The Labute approximate surface area is 109 Å². The molecule has 0 spiro atoms. The van der Waals surface area contributed by atoms with E-state index in [0.717, 1.165) is 5.69 Å². The zero-order valence-corrected chi connectivity index (χ0v) is 10.6. The fraction of sp³-hybridized carbons (Fsp3) is 0.100. The molecule has 0 aliphatic rings. The van der Waals surface area contributed by atoms with Crippen LogP contribution in [0.4, 0.5) is 17.6 Å². The van der Waals surface area contributed by atoms with E-state index in [0.29, 0.717) is 16.5 Å². The lowest BCUT2D eigenvalue weighted by Gasteiger charge is -2.08. The van der Waals surface area contributed by atoms with Crippen molar-refractivity contribution in [1.82, 2.24) is 15.0 Å². The number of aromatic nitrogens is 3. The number of pyridine rings is 1. The molecule has 0 fully saturated rings. The number of rotatable bonds is 2. The van der Waals surface area contributed by atoms with Gasteiger partial charge in [0.25, 0.3) is 0 Å². The molecule has 0 aliphatic heterocycles. The Kier molecular flexibility index (Phi) is 3.35. The van der Waals surface area contributed by atoms with Gasteiger partial charge in [0.05, 0.1) is 0 Å². The van der Waals surface area contributed by atoms with Gasteiger partial charge in [-0.2, -0.15) is 4.98 Å². The van der Waals surface area contributed by atoms with Crippen LogP contribution in [0, 0.1) is 6.92 Å². The monoisotopic (exact) mass is 267 g/mol. The first-order valence-corrected chi connectivity index (χ1v) is 5.61. The SMILES string of the molecule is Cc1ccc(S)c(Nc2cc(Cl)nc(N)n2)n1. The molecule has 2 aromatic rings. The number of nitrogens with one attached hydrogen (secondary N) is 1. The van der Waals surface area contributed by atoms with E-state index in [1.54, 1.807) is 6.07 Å². The molecule has 2 rings (SSSR count). The third-order valence-corrected chi connectivity index (χ3v) is 2.53. The second-order valence-electron chi connectivity index (χ2n) is 3.38. The highest BCUT2D eigenvalue weighted by Crippen LogP contribution is 2.22. The summed E-state index contributed by atoms with van der Waals surface area (Å²) in [6.07, 6.45) is 0. The molecule has 0 radical (unpaired) electrons. The number of hydrogen-bond donors (Lipinski definition) is 3. The van der Waals surface area contributed by atoms with Crippen molar-refractivity contribution in [3.05, 3.63) is 29.0 Å². The Bertz CT molecular complexity index is 540. The van der Waals surface area contributed by atoms with E-state index in [2.05, 4.69) is 32.9 Å². The first-order chi connectivity index (χ1) is 8.04. The highest BCUT2D eigenvalue weighted by atomic mass is 35.5. The molecule has 7 heteroatoms. The fourth-order valence-electron chi connectivity index (χ4n) is 1.26. The number of nitrogens with zero attached hydrogens (tertiary/aromatic N) is 3. The van der Waals surface area contributed by atoms with Gasteiger partial charge in [-0.1, -0.05) is 11.6 Å². The third-order valence-electron chi connectivity index (χ3n) is 1.97. The lowest BCUT2D eigenvalue weighted by molar-refractivity contribution is 1.12. The number of hydrogen-bond acceptors (Lipinski definition) is 6. The molecule has 0 aliphatic carbocycles. The lowest BCUT2D eigenvalue weighted by atomic mass is 10.3. The van der Waals surface area contributed by atoms with E-state index in [9.17, 15) is 0 Å². The quantitative estimate of drug-likeness (QED) is 0.576. The number of anilines is 3. The number of aryl methyl sites for hydroxylation is 1. The van der Waals surface area contributed by atoms with Gasteiger partial charge in [-0.15, -0.1) is 12.6 Å². The lowest BCUT2D eigenvalue weighted by Crippen LogP contribution is -2.02. The van der Waals surface area contributed by atoms with Crippen LogP contribution in [-0.2, 0) is 0 Å². The predicted molar refractivity (Wildman–Crippen MR) is 71.0 cm³/mol. The van der Waals surface area contributed by atoms with Gasteiger partial charge in [-0.25, -0.2) is 9.97 Å². The van der Waals surface area contributed by atoms with Crippen LogP contribution in [0.15, 0.2) is 23.1 Å². The Hall–Kier alpha value is -1.53. The van der Waals surface area contributed by atoms with Crippen LogP contribution >= 0.6 is 24.2 Å². The van der Waals surface area contributed by atoms with E-state index < -0.39 is 0 Å². The second kappa shape index (κ2) is 4.77. The van der Waals surface area contributed by atoms with E-state index in [4.69, 9.17) is 17.3 Å². The highest BCUT2D eigenvalue weighted by Gasteiger charge is 2.05. The molecular weight excluding hydrogens is 258 g/mol. The van der Waals surface area contributed by atoms with Gasteiger partial charge in [0.1, 0.15) is 16.8 Å². The van der Waals surface area contributed by atoms with Gasteiger partial charge >= 0.3 is 0 Å². The van der Waals surface area contributed by atoms with E-state index in [1.165, 1.54) is 0 Å². The topological polar surface area (TPSA) is 76.7 Å². The van der Waals surface area contributed by atoms with Gasteiger partial charge in [0.2, 0.25) is 5.95 Å². The summed E-state index contributed by atoms with van der Waals surface area (Å²) in [6.45, 7) is 1.89. The minimum absolute atomic E-state index is 0.105.